The Kier molecular flexibility index (Phi) is 11.1. The minimum absolute atomic E-state index is 0. The molecule has 8 nitrogen and oxygen atoms in total. The molecule has 3 rings (SSSR count). The van der Waals surface area contributed by atoms with Crippen molar-refractivity contribution in [3.05, 3.63) is 47.3 Å². The molecule has 9 heteroatoms. The number of primary amides is 1. The molecule has 2 aromatic rings. The number of benzene rings is 1. The van der Waals surface area contributed by atoms with Crippen molar-refractivity contribution in [2.45, 2.75) is 46.6 Å². The number of aryl methyl sites for hydroxylation is 2. The third-order valence-corrected chi connectivity index (χ3v) is 5.83. The fourth-order valence-electron chi connectivity index (χ4n) is 4.23. The monoisotopic (exact) mass is 567 g/mol. The number of nitrogens with one attached hydrogen (secondary N) is 2. The maximum atomic E-state index is 11.5. The van der Waals surface area contributed by atoms with Crippen LogP contribution in [0.2, 0.25) is 0 Å². The van der Waals surface area contributed by atoms with Crippen LogP contribution < -0.4 is 16.4 Å². The molecule has 0 spiro atoms. The number of halogens is 1. The summed E-state index contributed by atoms with van der Waals surface area (Å²) < 4.78 is 1.98. The lowest BCUT2D eigenvalue weighted by Crippen LogP contribution is -2.43. The normalized spacial score (nSPS) is 16.8. The van der Waals surface area contributed by atoms with Crippen LogP contribution in [0.1, 0.15) is 43.1 Å². The molecule has 2 heterocycles. The number of carbonyl (C=O) groups is 1. The fourth-order valence-corrected chi connectivity index (χ4v) is 4.23. The molecule has 1 aliphatic heterocycles. The SMILES string of the molecule is CCNC(=NCc1ccccc1-n1nc(C)cc1C)NCCCN1CCCC(C(N)=O)C1.I. The molecule has 1 aliphatic rings. The first kappa shape index (κ1) is 27.1. The van der Waals surface area contributed by atoms with Gasteiger partial charge >= 0.3 is 0 Å². The molecule has 1 fully saturated rings. The second kappa shape index (κ2) is 13.5. The Labute approximate surface area is 214 Å². The molecule has 33 heavy (non-hydrogen) atoms. The molecule has 1 amide bonds. The lowest BCUT2D eigenvalue weighted by Gasteiger charge is -2.31. The first-order valence-electron chi connectivity index (χ1n) is 11.6. The number of aliphatic imine (C=N–C) groups is 1. The van der Waals surface area contributed by atoms with Gasteiger partial charge in [-0.15, -0.1) is 24.0 Å². The quantitative estimate of drug-likeness (QED) is 0.187. The van der Waals surface area contributed by atoms with Crippen molar-refractivity contribution in [2.75, 3.05) is 32.7 Å². The summed E-state index contributed by atoms with van der Waals surface area (Å²) in [7, 11) is 0. The van der Waals surface area contributed by atoms with Gasteiger partial charge in [0.15, 0.2) is 5.96 Å². The predicted molar refractivity (Wildman–Crippen MR) is 144 cm³/mol. The molecule has 1 aromatic heterocycles. The summed E-state index contributed by atoms with van der Waals surface area (Å²) in [5.41, 5.74) is 9.79. The van der Waals surface area contributed by atoms with Crippen LogP contribution in [0.5, 0.6) is 0 Å². The van der Waals surface area contributed by atoms with E-state index in [1.165, 1.54) is 0 Å². The second-order valence-electron chi connectivity index (χ2n) is 8.49. The zero-order valence-corrected chi connectivity index (χ0v) is 22.3. The van der Waals surface area contributed by atoms with Gasteiger partial charge in [0.2, 0.25) is 5.91 Å². The molecule has 0 radical (unpaired) electrons. The average Bonchev–Trinajstić information content (AvgIpc) is 3.13. The Balaban J connectivity index is 0.00000385. The number of likely N-dealkylation sites (tertiary alicyclic amines) is 1. The number of carbonyl (C=O) groups excluding carboxylic acids is 1. The highest BCUT2D eigenvalue weighted by Crippen LogP contribution is 2.18. The van der Waals surface area contributed by atoms with Crippen molar-refractivity contribution in [1.29, 1.82) is 0 Å². The number of piperidine rings is 1. The molecular formula is C24H38IN7O. The molecule has 182 valence electrons. The number of amides is 1. The largest absolute Gasteiger partial charge is 0.369 e. The Hall–Kier alpha value is -2.14. The highest BCUT2D eigenvalue weighted by atomic mass is 127. The summed E-state index contributed by atoms with van der Waals surface area (Å²) in [5.74, 6) is 0.636. The van der Waals surface area contributed by atoms with E-state index in [1.807, 2.05) is 23.7 Å². The van der Waals surface area contributed by atoms with E-state index in [4.69, 9.17) is 10.7 Å². The van der Waals surface area contributed by atoms with E-state index in [0.717, 1.165) is 80.6 Å². The van der Waals surface area contributed by atoms with Gasteiger partial charge in [-0.25, -0.2) is 9.67 Å². The second-order valence-corrected chi connectivity index (χ2v) is 8.49. The van der Waals surface area contributed by atoms with E-state index in [2.05, 4.69) is 52.7 Å². The van der Waals surface area contributed by atoms with Crippen LogP contribution in [0.25, 0.3) is 5.69 Å². The van der Waals surface area contributed by atoms with Crippen molar-refractivity contribution in [3.63, 3.8) is 0 Å². The van der Waals surface area contributed by atoms with Gasteiger partial charge in [-0.1, -0.05) is 18.2 Å². The number of nitrogens with zero attached hydrogens (tertiary/aromatic N) is 4. The molecule has 1 atom stereocenters. The van der Waals surface area contributed by atoms with Crippen LogP contribution >= 0.6 is 24.0 Å². The molecule has 1 saturated heterocycles. The predicted octanol–water partition coefficient (Wildman–Crippen LogP) is 2.75. The third-order valence-electron chi connectivity index (χ3n) is 5.83. The van der Waals surface area contributed by atoms with Gasteiger partial charge in [0.1, 0.15) is 0 Å². The van der Waals surface area contributed by atoms with Crippen LogP contribution in [-0.2, 0) is 11.3 Å². The molecule has 0 aliphatic carbocycles. The van der Waals surface area contributed by atoms with Gasteiger partial charge in [0.05, 0.1) is 23.8 Å². The van der Waals surface area contributed by atoms with Gasteiger partial charge in [0, 0.05) is 25.3 Å². The van der Waals surface area contributed by atoms with Crippen LogP contribution in [0, 0.1) is 19.8 Å². The van der Waals surface area contributed by atoms with Crippen LogP contribution in [0.3, 0.4) is 0 Å². The molecular weight excluding hydrogens is 529 g/mol. The van der Waals surface area contributed by atoms with Crippen molar-refractivity contribution < 1.29 is 4.79 Å². The van der Waals surface area contributed by atoms with Gasteiger partial charge in [-0.2, -0.15) is 5.10 Å². The summed E-state index contributed by atoms with van der Waals surface area (Å²) in [6.07, 6.45) is 2.94. The maximum Gasteiger partial charge on any atom is 0.221 e. The zero-order valence-electron chi connectivity index (χ0n) is 20.0. The standard InChI is InChI=1S/C24H37N7O.HI/c1-4-26-24(27-12-8-14-30-13-7-10-21(17-30)23(25)32)28-16-20-9-5-6-11-22(20)31-19(3)15-18(2)29-31;/h5-6,9,11,15,21H,4,7-8,10,12-14,16-17H2,1-3H3,(H2,25,32)(H2,26,27,28);1H. The lowest BCUT2D eigenvalue weighted by atomic mass is 9.97. The topological polar surface area (TPSA) is 101 Å². The minimum atomic E-state index is -0.171. The Morgan fingerprint density at radius 2 is 2.06 bits per heavy atom. The molecule has 4 N–H and O–H groups in total. The highest BCUT2D eigenvalue weighted by molar-refractivity contribution is 14.0. The van der Waals surface area contributed by atoms with Gasteiger partial charge < -0.3 is 21.3 Å². The summed E-state index contributed by atoms with van der Waals surface area (Å²) in [4.78, 5) is 18.6. The molecule has 1 aromatic carbocycles. The smallest absolute Gasteiger partial charge is 0.221 e. The maximum absolute atomic E-state index is 11.5. The van der Waals surface area contributed by atoms with Gasteiger partial charge in [-0.05, 0) is 70.8 Å². The van der Waals surface area contributed by atoms with Crippen LogP contribution in [0.15, 0.2) is 35.3 Å². The molecule has 0 saturated carbocycles. The average molecular weight is 568 g/mol. The van der Waals surface area contributed by atoms with Gasteiger partial charge in [-0.3, -0.25) is 4.79 Å². The zero-order chi connectivity index (χ0) is 22.9. The highest BCUT2D eigenvalue weighted by Gasteiger charge is 2.23. The molecule has 0 bridgehead atoms. The van der Waals surface area contributed by atoms with Crippen molar-refractivity contribution in [3.8, 4) is 5.69 Å². The third kappa shape index (κ3) is 7.99. The summed E-state index contributed by atoms with van der Waals surface area (Å²) in [6.45, 7) is 11.1. The number of hydrogen-bond donors (Lipinski definition) is 3. The lowest BCUT2D eigenvalue weighted by molar-refractivity contribution is -0.123. The summed E-state index contributed by atoms with van der Waals surface area (Å²) in [6, 6.07) is 10.3. The first-order valence-corrected chi connectivity index (χ1v) is 11.6. The minimum Gasteiger partial charge on any atom is -0.369 e. The van der Waals surface area contributed by atoms with E-state index in [-0.39, 0.29) is 35.8 Å². The Morgan fingerprint density at radius 1 is 1.27 bits per heavy atom. The first-order chi connectivity index (χ1) is 15.5. The number of hydrogen-bond acceptors (Lipinski definition) is 4. The number of aromatic nitrogens is 2. The van der Waals surface area contributed by atoms with E-state index in [9.17, 15) is 4.79 Å². The van der Waals surface area contributed by atoms with Crippen LogP contribution in [-0.4, -0.2) is 59.3 Å². The number of guanidine groups is 1. The van der Waals surface area contributed by atoms with Crippen LogP contribution in [0.4, 0.5) is 0 Å². The van der Waals surface area contributed by atoms with Crippen molar-refractivity contribution >= 4 is 35.8 Å². The Morgan fingerprint density at radius 3 is 2.76 bits per heavy atom. The van der Waals surface area contributed by atoms with Gasteiger partial charge in [0.25, 0.3) is 0 Å². The van der Waals surface area contributed by atoms with E-state index in [1.54, 1.807) is 0 Å². The molecule has 1 unspecified atom stereocenters. The summed E-state index contributed by atoms with van der Waals surface area (Å²) >= 11 is 0. The fraction of sp³-hybridized carbons (Fsp3) is 0.542. The van der Waals surface area contributed by atoms with E-state index in [0.29, 0.717) is 6.54 Å². The van der Waals surface area contributed by atoms with E-state index < -0.39 is 0 Å². The number of nitrogens with two attached hydrogens (primary N) is 1. The number of rotatable bonds is 9. The summed E-state index contributed by atoms with van der Waals surface area (Å²) in [5, 5.41) is 11.4. The van der Waals surface area contributed by atoms with Crippen molar-refractivity contribution in [2.24, 2.45) is 16.6 Å². The van der Waals surface area contributed by atoms with Crippen molar-refractivity contribution in [1.82, 2.24) is 25.3 Å². The Bertz CT molecular complexity index is 927. The van der Waals surface area contributed by atoms with E-state index >= 15 is 0 Å². The number of para-hydroxylation sites is 1.